The summed E-state index contributed by atoms with van der Waals surface area (Å²) in [6, 6.07) is 1.38. The van der Waals surface area contributed by atoms with E-state index in [-0.39, 0.29) is 0 Å². The van der Waals surface area contributed by atoms with Crippen molar-refractivity contribution in [1.29, 1.82) is 0 Å². The molecule has 2 fully saturated rings. The zero-order chi connectivity index (χ0) is 9.97. The van der Waals surface area contributed by atoms with Gasteiger partial charge in [-0.2, -0.15) is 0 Å². The second-order valence-electron chi connectivity index (χ2n) is 5.09. The van der Waals surface area contributed by atoms with Gasteiger partial charge in [0.2, 0.25) is 0 Å². The Kier molecular flexibility index (Phi) is 3.45. The highest BCUT2D eigenvalue weighted by molar-refractivity contribution is 4.84. The van der Waals surface area contributed by atoms with E-state index in [1.165, 1.54) is 32.1 Å². The van der Waals surface area contributed by atoms with Crippen LogP contribution in [0.25, 0.3) is 0 Å². The Bertz CT molecular complexity index is 175. The van der Waals surface area contributed by atoms with E-state index in [4.69, 9.17) is 4.74 Å². The molecule has 1 saturated carbocycles. The van der Waals surface area contributed by atoms with Crippen LogP contribution in [-0.2, 0) is 4.74 Å². The highest BCUT2D eigenvalue weighted by atomic mass is 16.5. The molecule has 0 spiro atoms. The second kappa shape index (κ2) is 4.63. The molecule has 2 nitrogen and oxygen atoms in total. The zero-order valence-electron chi connectivity index (χ0n) is 9.46. The molecule has 2 aliphatic rings. The standard InChI is InChI=1S/C12H23NO/c1-9-3-5-11(6-4-9)13-12-7-8-14-10(12)2/h9-13H,3-8H2,1-2H3/t9?,10-,11?,12-/m1/s1. The van der Waals surface area contributed by atoms with Crippen LogP contribution in [0.5, 0.6) is 0 Å². The van der Waals surface area contributed by atoms with E-state index in [0.717, 1.165) is 18.6 Å². The first-order chi connectivity index (χ1) is 6.75. The molecular formula is C12H23NO. The number of ether oxygens (including phenoxy) is 1. The molecule has 2 atom stereocenters. The van der Waals surface area contributed by atoms with Crippen LogP contribution in [0.4, 0.5) is 0 Å². The van der Waals surface area contributed by atoms with Crippen molar-refractivity contribution in [2.75, 3.05) is 6.61 Å². The molecule has 0 unspecified atom stereocenters. The summed E-state index contributed by atoms with van der Waals surface area (Å²) in [4.78, 5) is 0. The molecule has 1 aliphatic carbocycles. The lowest BCUT2D eigenvalue weighted by Gasteiger charge is -2.30. The molecular weight excluding hydrogens is 174 g/mol. The van der Waals surface area contributed by atoms with Crippen LogP contribution in [0, 0.1) is 5.92 Å². The van der Waals surface area contributed by atoms with Crippen molar-refractivity contribution in [3.05, 3.63) is 0 Å². The van der Waals surface area contributed by atoms with Crippen LogP contribution in [0.2, 0.25) is 0 Å². The van der Waals surface area contributed by atoms with E-state index < -0.39 is 0 Å². The average molecular weight is 197 g/mol. The van der Waals surface area contributed by atoms with Crippen molar-refractivity contribution in [3.63, 3.8) is 0 Å². The number of hydrogen-bond acceptors (Lipinski definition) is 2. The fourth-order valence-electron chi connectivity index (χ4n) is 2.68. The van der Waals surface area contributed by atoms with Gasteiger partial charge in [0, 0.05) is 18.7 Å². The fourth-order valence-corrected chi connectivity index (χ4v) is 2.68. The second-order valence-corrected chi connectivity index (χ2v) is 5.09. The van der Waals surface area contributed by atoms with E-state index in [1.54, 1.807) is 0 Å². The normalized spacial score (nSPS) is 44.1. The first-order valence-corrected chi connectivity index (χ1v) is 6.13. The summed E-state index contributed by atoms with van der Waals surface area (Å²) in [5.41, 5.74) is 0. The van der Waals surface area contributed by atoms with Gasteiger partial charge in [-0.05, 0) is 44.9 Å². The predicted molar refractivity (Wildman–Crippen MR) is 58.4 cm³/mol. The summed E-state index contributed by atoms with van der Waals surface area (Å²) in [5.74, 6) is 0.949. The number of nitrogens with one attached hydrogen (secondary N) is 1. The van der Waals surface area contributed by atoms with Crippen molar-refractivity contribution in [2.24, 2.45) is 5.92 Å². The van der Waals surface area contributed by atoms with E-state index in [9.17, 15) is 0 Å². The maximum absolute atomic E-state index is 5.57. The van der Waals surface area contributed by atoms with Crippen molar-refractivity contribution >= 4 is 0 Å². The van der Waals surface area contributed by atoms with Gasteiger partial charge in [0.05, 0.1) is 6.10 Å². The monoisotopic (exact) mass is 197 g/mol. The van der Waals surface area contributed by atoms with Crippen LogP contribution in [-0.4, -0.2) is 24.8 Å². The molecule has 1 heterocycles. The van der Waals surface area contributed by atoms with Gasteiger partial charge >= 0.3 is 0 Å². The quantitative estimate of drug-likeness (QED) is 0.733. The van der Waals surface area contributed by atoms with Crippen LogP contribution in [0.15, 0.2) is 0 Å². The molecule has 0 aromatic carbocycles. The number of hydrogen-bond donors (Lipinski definition) is 1. The fraction of sp³-hybridized carbons (Fsp3) is 1.00. The van der Waals surface area contributed by atoms with Crippen molar-refractivity contribution in [2.45, 2.75) is 64.1 Å². The smallest absolute Gasteiger partial charge is 0.0700 e. The number of rotatable bonds is 2. The Balaban J connectivity index is 1.74. The third-order valence-corrected chi connectivity index (χ3v) is 3.84. The highest BCUT2D eigenvalue weighted by Crippen LogP contribution is 2.25. The van der Waals surface area contributed by atoms with Gasteiger partial charge < -0.3 is 10.1 Å². The maximum Gasteiger partial charge on any atom is 0.0700 e. The molecule has 14 heavy (non-hydrogen) atoms. The van der Waals surface area contributed by atoms with Crippen LogP contribution < -0.4 is 5.32 Å². The molecule has 0 aromatic heterocycles. The van der Waals surface area contributed by atoms with Gasteiger partial charge in [-0.15, -0.1) is 0 Å². The largest absolute Gasteiger partial charge is 0.377 e. The summed E-state index contributed by atoms with van der Waals surface area (Å²) in [7, 11) is 0. The van der Waals surface area contributed by atoms with Gasteiger partial charge in [0.1, 0.15) is 0 Å². The molecule has 1 saturated heterocycles. The minimum absolute atomic E-state index is 0.425. The van der Waals surface area contributed by atoms with Crippen molar-refractivity contribution in [1.82, 2.24) is 5.32 Å². The van der Waals surface area contributed by atoms with E-state index in [2.05, 4.69) is 19.2 Å². The minimum atomic E-state index is 0.425. The Labute approximate surface area is 87.4 Å². The average Bonchev–Trinajstić information content (AvgIpc) is 2.56. The molecule has 0 aromatic rings. The lowest BCUT2D eigenvalue weighted by molar-refractivity contribution is 0.108. The molecule has 2 heteroatoms. The van der Waals surface area contributed by atoms with Crippen molar-refractivity contribution < 1.29 is 4.74 Å². The molecule has 1 aliphatic heterocycles. The van der Waals surface area contributed by atoms with E-state index in [1.807, 2.05) is 0 Å². The van der Waals surface area contributed by atoms with Gasteiger partial charge in [-0.3, -0.25) is 0 Å². The summed E-state index contributed by atoms with van der Waals surface area (Å²) in [5, 5.41) is 3.76. The van der Waals surface area contributed by atoms with Gasteiger partial charge in [-0.1, -0.05) is 6.92 Å². The summed E-state index contributed by atoms with van der Waals surface area (Å²) in [6.07, 6.45) is 7.16. The Morgan fingerprint density at radius 1 is 1.00 bits per heavy atom. The lowest BCUT2D eigenvalue weighted by Crippen LogP contribution is -2.43. The van der Waals surface area contributed by atoms with Crippen LogP contribution in [0.1, 0.15) is 46.0 Å². The summed E-state index contributed by atoms with van der Waals surface area (Å²) >= 11 is 0. The SMILES string of the molecule is CC1CCC(N[C@@H]2CCO[C@@H]2C)CC1. The summed E-state index contributed by atoms with van der Waals surface area (Å²) in [6.45, 7) is 5.51. The minimum Gasteiger partial charge on any atom is -0.377 e. The van der Waals surface area contributed by atoms with Gasteiger partial charge in [0.25, 0.3) is 0 Å². The third kappa shape index (κ3) is 2.48. The van der Waals surface area contributed by atoms with Gasteiger partial charge in [-0.25, -0.2) is 0 Å². The zero-order valence-corrected chi connectivity index (χ0v) is 9.46. The third-order valence-electron chi connectivity index (χ3n) is 3.84. The molecule has 82 valence electrons. The Morgan fingerprint density at radius 3 is 2.29 bits per heavy atom. The molecule has 1 N–H and O–H groups in total. The maximum atomic E-state index is 5.57. The van der Waals surface area contributed by atoms with E-state index in [0.29, 0.717) is 12.1 Å². The Hall–Kier alpha value is -0.0800. The predicted octanol–water partition coefficient (Wildman–Crippen LogP) is 2.33. The first kappa shape index (κ1) is 10.4. The first-order valence-electron chi connectivity index (χ1n) is 6.13. The lowest BCUT2D eigenvalue weighted by atomic mass is 9.87. The topological polar surface area (TPSA) is 21.3 Å². The van der Waals surface area contributed by atoms with E-state index >= 15 is 0 Å². The molecule has 2 rings (SSSR count). The molecule has 0 radical (unpaired) electrons. The highest BCUT2D eigenvalue weighted by Gasteiger charge is 2.27. The van der Waals surface area contributed by atoms with Crippen molar-refractivity contribution in [3.8, 4) is 0 Å². The van der Waals surface area contributed by atoms with Crippen LogP contribution >= 0.6 is 0 Å². The molecule has 0 bridgehead atoms. The van der Waals surface area contributed by atoms with Gasteiger partial charge in [0.15, 0.2) is 0 Å². The molecule has 0 amide bonds. The summed E-state index contributed by atoms with van der Waals surface area (Å²) < 4.78 is 5.57. The van der Waals surface area contributed by atoms with Crippen LogP contribution in [0.3, 0.4) is 0 Å². The Morgan fingerprint density at radius 2 is 1.71 bits per heavy atom.